The zero-order valence-corrected chi connectivity index (χ0v) is 8.03. The van der Waals surface area contributed by atoms with Gasteiger partial charge in [-0.1, -0.05) is 0 Å². The van der Waals surface area contributed by atoms with Crippen LogP contribution in [0.3, 0.4) is 0 Å². The number of nitrogen functional groups attached to an aromatic ring is 1. The van der Waals surface area contributed by atoms with Gasteiger partial charge in [0.05, 0.1) is 10.7 Å². The highest BCUT2D eigenvalue weighted by Gasteiger charge is 2.18. The van der Waals surface area contributed by atoms with Gasteiger partial charge in [-0.05, 0) is 25.3 Å². The number of hydrogen-bond donors (Lipinski definition) is 2. The molecule has 0 radical (unpaired) electrons. The number of rotatable bonds is 2. The summed E-state index contributed by atoms with van der Waals surface area (Å²) >= 11 is 1.44. The van der Waals surface area contributed by atoms with Crippen LogP contribution in [0.2, 0.25) is 0 Å². The first-order chi connectivity index (χ1) is 6.29. The van der Waals surface area contributed by atoms with E-state index in [1.54, 1.807) is 0 Å². The number of hydrogen-bond acceptors (Lipinski definition) is 4. The molecular weight excluding hydrogens is 182 g/mol. The lowest BCUT2D eigenvalue weighted by molar-refractivity contribution is 0.446. The van der Waals surface area contributed by atoms with Gasteiger partial charge in [0.2, 0.25) is 0 Å². The summed E-state index contributed by atoms with van der Waals surface area (Å²) in [6.07, 6.45) is 3.78. The predicted octanol–water partition coefficient (Wildman–Crippen LogP) is 2.17. The largest absolute Gasteiger partial charge is 0.397 e. The van der Waals surface area contributed by atoms with Crippen molar-refractivity contribution < 1.29 is 0 Å². The predicted molar refractivity (Wildman–Crippen MR) is 54.7 cm³/mol. The molecule has 1 aliphatic carbocycles. The smallest absolute Gasteiger partial charge is 0.129 e. The Kier molecular flexibility index (Phi) is 2.11. The number of nitrogens with two attached hydrogens (primary N) is 1. The molecule has 0 unspecified atom stereocenters. The molecule has 4 heteroatoms. The lowest BCUT2D eigenvalue weighted by atomic mass is 9.93. The van der Waals surface area contributed by atoms with E-state index in [4.69, 9.17) is 11.0 Å². The normalized spacial score (nSPS) is 16.2. The summed E-state index contributed by atoms with van der Waals surface area (Å²) in [6.45, 7) is 0. The van der Waals surface area contributed by atoms with E-state index in [9.17, 15) is 0 Å². The lowest BCUT2D eigenvalue weighted by Crippen LogP contribution is -2.26. The van der Waals surface area contributed by atoms with Gasteiger partial charge in [-0.3, -0.25) is 0 Å². The number of nitrogens with one attached hydrogen (secondary N) is 1. The van der Waals surface area contributed by atoms with Gasteiger partial charge in [0.1, 0.15) is 10.9 Å². The van der Waals surface area contributed by atoms with E-state index in [0.29, 0.717) is 16.6 Å². The van der Waals surface area contributed by atoms with E-state index in [1.807, 2.05) is 6.07 Å². The SMILES string of the molecule is N#Cc1sc(NC2CCC2)cc1N. The van der Waals surface area contributed by atoms with Crippen LogP contribution < -0.4 is 11.1 Å². The maximum absolute atomic E-state index is 8.69. The molecule has 0 atom stereocenters. The second kappa shape index (κ2) is 3.27. The first-order valence-corrected chi connectivity index (χ1v) is 5.17. The van der Waals surface area contributed by atoms with Crippen molar-refractivity contribution >= 4 is 22.0 Å². The Morgan fingerprint density at radius 2 is 2.38 bits per heavy atom. The topological polar surface area (TPSA) is 61.8 Å². The zero-order chi connectivity index (χ0) is 9.26. The molecule has 1 heterocycles. The number of anilines is 2. The van der Waals surface area contributed by atoms with Crippen LogP contribution in [0.4, 0.5) is 10.7 Å². The van der Waals surface area contributed by atoms with E-state index in [0.717, 1.165) is 5.00 Å². The molecule has 0 amide bonds. The average molecular weight is 193 g/mol. The molecule has 3 nitrogen and oxygen atoms in total. The molecule has 13 heavy (non-hydrogen) atoms. The van der Waals surface area contributed by atoms with E-state index >= 15 is 0 Å². The van der Waals surface area contributed by atoms with E-state index in [2.05, 4.69) is 11.4 Å². The van der Waals surface area contributed by atoms with E-state index in [-0.39, 0.29) is 0 Å². The third-order valence-corrected chi connectivity index (χ3v) is 3.30. The lowest BCUT2D eigenvalue weighted by Gasteiger charge is -2.26. The van der Waals surface area contributed by atoms with Crippen molar-refractivity contribution in [2.24, 2.45) is 0 Å². The molecule has 0 aliphatic heterocycles. The second-order valence-corrected chi connectivity index (χ2v) is 4.33. The maximum Gasteiger partial charge on any atom is 0.129 e. The first-order valence-electron chi connectivity index (χ1n) is 4.35. The van der Waals surface area contributed by atoms with Crippen LogP contribution in [0.25, 0.3) is 0 Å². The zero-order valence-electron chi connectivity index (χ0n) is 7.21. The van der Waals surface area contributed by atoms with Gasteiger partial charge in [-0.15, -0.1) is 11.3 Å². The van der Waals surface area contributed by atoms with Crippen LogP contribution in [0.5, 0.6) is 0 Å². The quantitative estimate of drug-likeness (QED) is 0.756. The highest BCUT2D eigenvalue weighted by atomic mass is 32.1. The average Bonchev–Trinajstić information content (AvgIpc) is 2.39. The molecule has 1 fully saturated rings. The summed E-state index contributed by atoms with van der Waals surface area (Å²) in [5.74, 6) is 0. The van der Waals surface area contributed by atoms with Gasteiger partial charge >= 0.3 is 0 Å². The summed E-state index contributed by atoms with van der Waals surface area (Å²) in [7, 11) is 0. The Hall–Kier alpha value is -1.21. The Labute approximate surface area is 81.2 Å². The Balaban J connectivity index is 2.08. The van der Waals surface area contributed by atoms with E-state index in [1.165, 1.54) is 30.6 Å². The Bertz CT molecular complexity index is 346. The molecule has 0 aromatic carbocycles. The van der Waals surface area contributed by atoms with Crippen molar-refractivity contribution in [1.29, 1.82) is 5.26 Å². The Morgan fingerprint density at radius 3 is 2.85 bits per heavy atom. The van der Waals surface area contributed by atoms with Crippen molar-refractivity contribution in [2.45, 2.75) is 25.3 Å². The molecule has 0 bridgehead atoms. The van der Waals surface area contributed by atoms with Crippen LogP contribution in [0, 0.1) is 11.3 Å². The van der Waals surface area contributed by atoms with Crippen molar-refractivity contribution in [3.8, 4) is 6.07 Å². The second-order valence-electron chi connectivity index (χ2n) is 3.28. The Morgan fingerprint density at radius 1 is 1.62 bits per heavy atom. The standard InChI is InChI=1S/C9H11N3S/c10-5-8-7(11)4-9(13-8)12-6-2-1-3-6/h4,6,12H,1-3,11H2. The van der Waals surface area contributed by atoms with E-state index < -0.39 is 0 Å². The molecule has 3 N–H and O–H groups in total. The molecule has 1 aromatic rings. The maximum atomic E-state index is 8.69. The van der Waals surface area contributed by atoms with Gasteiger partial charge in [0, 0.05) is 6.04 Å². The minimum absolute atomic E-state index is 0.592. The van der Waals surface area contributed by atoms with Crippen LogP contribution in [-0.4, -0.2) is 6.04 Å². The molecule has 0 saturated heterocycles. The molecule has 2 rings (SSSR count). The number of nitriles is 1. The highest BCUT2D eigenvalue weighted by Crippen LogP contribution is 2.31. The van der Waals surface area contributed by atoms with Crippen LogP contribution in [-0.2, 0) is 0 Å². The molecule has 1 aromatic heterocycles. The monoisotopic (exact) mass is 193 g/mol. The summed E-state index contributed by atoms with van der Waals surface area (Å²) in [5, 5.41) is 13.1. The third-order valence-electron chi connectivity index (χ3n) is 2.31. The fraction of sp³-hybridized carbons (Fsp3) is 0.444. The third kappa shape index (κ3) is 1.61. The highest BCUT2D eigenvalue weighted by molar-refractivity contribution is 7.17. The summed E-state index contributed by atoms with van der Waals surface area (Å²) in [6, 6.07) is 4.53. The van der Waals surface area contributed by atoms with Crippen LogP contribution in [0.15, 0.2) is 6.07 Å². The minimum Gasteiger partial charge on any atom is -0.397 e. The fourth-order valence-corrected chi connectivity index (χ4v) is 2.17. The van der Waals surface area contributed by atoms with Gasteiger partial charge in [-0.2, -0.15) is 5.26 Å². The van der Waals surface area contributed by atoms with Crippen LogP contribution in [0.1, 0.15) is 24.1 Å². The van der Waals surface area contributed by atoms with Crippen molar-refractivity contribution in [3.05, 3.63) is 10.9 Å². The summed E-state index contributed by atoms with van der Waals surface area (Å²) in [4.78, 5) is 0.613. The van der Waals surface area contributed by atoms with Crippen molar-refractivity contribution in [3.63, 3.8) is 0 Å². The number of thiophene rings is 1. The number of nitrogens with zero attached hydrogens (tertiary/aromatic N) is 1. The van der Waals surface area contributed by atoms with Crippen LogP contribution >= 0.6 is 11.3 Å². The van der Waals surface area contributed by atoms with Gasteiger partial charge in [0.15, 0.2) is 0 Å². The summed E-state index contributed by atoms with van der Waals surface area (Å²) in [5.41, 5.74) is 6.23. The van der Waals surface area contributed by atoms with Gasteiger partial charge in [0.25, 0.3) is 0 Å². The van der Waals surface area contributed by atoms with Gasteiger partial charge < -0.3 is 11.1 Å². The molecule has 1 saturated carbocycles. The first kappa shape index (κ1) is 8.39. The molecule has 1 aliphatic rings. The fourth-order valence-electron chi connectivity index (χ4n) is 1.32. The minimum atomic E-state index is 0.592. The molecule has 68 valence electrons. The summed E-state index contributed by atoms with van der Waals surface area (Å²) < 4.78 is 0. The van der Waals surface area contributed by atoms with Crippen molar-refractivity contribution in [2.75, 3.05) is 11.1 Å². The van der Waals surface area contributed by atoms with Crippen molar-refractivity contribution in [1.82, 2.24) is 0 Å². The molecule has 0 spiro atoms. The molecular formula is C9H11N3S. The van der Waals surface area contributed by atoms with Gasteiger partial charge in [-0.25, -0.2) is 0 Å².